The van der Waals surface area contributed by atoms with Crippen LogP contribution in [-0.4, -0.2) is 17.3 Å². The summed E-state index contributed by atoms with van der Waals surface area (Å²) in [5, 5.41) is 4.00. The Hall–Kier alpha value is -2.34. The normalized spacial score (nSPS) is 12.0. The third-order valence-electron chi connectivity index (χ3n) is 3.26. The van der Waals surface area contributed by atoms with Gasteiger partial charge in [0.05, 0.1) is 7.11 Å². The van der Waals surface area contributed by atoms with E-state index in [1.54, 1.807) is 7.11 Å². The van der Waals surface area contributed by atoms with Gasteiger partial charge in [-0.3, -0.25) is 0 Å². The van der Waals surface area contributed by atoms with E-state index in [0.717, 1.165) is 15.8 Å². The zero-order valence-corrected chi connectivity index (χ0v) is 14.3. The quantitative estimate of drug-likeness (QED) is 0.650. The molecule has 23 heavy (non-hydrogen) atoms. The first-order chi connectivity index (χ1) is 11.2. The van der Waals surface area contributed by atoms with Crippen molar-refractivity contribution in [2.24, 2.45) is 0 Å². The fourth-order valence-electron chi connectivity index (χ4n) is 2.03. The third kappa shape index (κ3) is 3.71. The number of rotatable bonds is 5. The van der Waals surface area contributed by atoms with Gasteiger partial charge >= 0.3 is 0 Å². The van der Waals surface area contributed by atoms with Crippen LogP contribution in [0.2, 0.25) is 0 Å². The van der Waals surface area contributed by atoms with Crippen LogP contribution in [0.5, 0.6) is 11.5 Å². The van der Waals surface area contributed by atoms with E-state index < -0.39 is 0 Å². The smallest absolute Gasteiger partial charge is 0.267 e. The molecule has 5 nitrogen and oxygen atoms in total. The molecule has 0 fully saturated rings. The van der Waals surface area contributed by atoms with Gasteiger partial charge in [0.1, 0.15) is 11.5 Å². The molecule has 0 radical (unpaired) electrons. The molecular formula is C17H15BrN2O3. The van der Waals surface area contributed by atoms with Gasteiger partial charge in [-0.1, -0.05) is 21.1 Å². The summed E-state index contributed by atoms with van der Waals surface area (Å²) in [6.07, 6.45) is -0.347. The molecule has 1 aromatic heterocycles. The predicted molar refractivity (Wildman–Crippen MR) is 89.5 cm³/mol. The summed E-state index contributed by atoms with van der Waals surface area (Å²) >= 11 is 3.40. The van der Waals surface area contributed by atoms with Crippen molar-refractivity contribution >= 4 is 15.9 Å². The average Bonchev–Trinajstić information content (AvgIpc) is 3.06. The number of benzene rings is 2. The molecule has 0 spiro atoms. The summed E-state index contributed by atoms with van der Waals surface area (Å²) in [5.41, 5.74) is 0.889. The van der Waals surface area contributed by atoms with Gasteiger partial charge in [-0.05, 0) is 55.5 Å². The minimum absolute atomic E-state index is 0.347. The highest BCUT2D eigenvalue weighted by Crippen LogP contribution is 2.25. The Morgan fingerprint density at radius 1 is 1.00 bits per heavy atom. The first-order valence-corrected chi connectivity index (χ1v) is 7.85. The third-order valence-corrected chi connectivity index (χ3v) is 3.79. The molecule has 0 amide bonds. The van der Waals surface area contributed by atoms with Gasteiger partial charge in [-0.15, -0.1) is 0 Å². The van der Waals surface area contributed by atoms with Crippen molar-refractivity contribution < 1.29 is 14.0 Å². The molecule has 0 aliphatic rings. The van der Waals surface area contributed by atoms with Crippen molar-refractivity contribution in [3.63, 3.8) is 0 Å². The van der Waals surface area contributed by atoms with Crippen molar-refractivity contribution in [2.45, 2.75) is 13.0 Å². The SMILES string of the molecule is COc1ccc(O[C@H](C)c2nc(-c3ccc(Br)cc3)no2)cc1. The molecule has 0 saturated heterocycles. The maximum Gasteiger partial charge on any atom is 0.267 e. The molecule has 0 unspecified atom stereocenters. The van der Waals surface area contributed by atoms with Crippen molar-refractivity contribution in [1.82, 2.24) is 10.1 Å². The van der Waals surface area contributed by atoms with E-state index in [9.17, 15) is 0 Å². The van der Waals surface area contributed by atoms with Gasteiger partial charge in [-0.25, -0.2) is 0 Å². The first kappa shape index (κ1) is 15.6. The Balaban J connectivity index is 1.72. The Kier molecular flexibility index (Phi) is 4.62. The van der Waals surface area contributed by atoms with Gasteiger partial charge in [0.15, 0.2) is 6.10 Å². The molecule has 0 N–H and O–H groups in total. The van der Waals surface area contributed by atoms with Gasteiger partial charge in [-0.2, -0.15) is 4.98 Å². The van der Waals surface area contributed by atoms with Crippen LogP contribution in [0.3, 0.4) is 0 Å². The Labute approximate surface area is 142 Å². The summed E-state index contributed by atoms with van der Waals surface area (Å²) < 4.78 is 17.2. The van der Waals surface area contributed by atoms with E-state index in [0.29, 0.717) is 17.5 Å². The second-order valence-corrected chi connectivity index (χ2v) is 5.81. The van der Waals surface area contributed by atoms with Crippen LogP contribution in [0, 0.1) is 0 Å². The zero-order chi connectivity index (χ0) is 16.2. The van der Waals surface area contributed by atoms with E-state index in [2.05, 4.69) is 26.1 Å². The highest BCUT2D eigenvalue weighted by atomic mass is 79.9. The van der Waals surface area contributed by atoms with Gasteiger partial charge in [0.2, 0.25) is 5.82 Å². The monoisotopic (exact) mass is 374 g/mol. The van der Waals surface area contributed by atoms with Crippen LogP contribution in [0.25, 0.3) is 11.4 Å². The minimum atomic E-state index is -0.347. The van der Waals surface area contributed by atoms with Gasteiger partial charge in [0, 0.05) is 10.0 Å². The standard InChI is InChI=1S/C17H15BrN2O3/c1-11(22-15-9-7-14(21-2)8-10-15)17-19-16(20-23-17)12-3-5-13(18)6-4-12/h3-11H,1-2H3/t11-/m1/s1. The molecule has 3 aromatic rings. The second-order valence-electron chi connectivity index (χ2n) is 4.90. The molecular weight excluding hydrogens is 360 g/mol. The molecule has 6 heteroatoms. The van der Waals surface area contributed by atoms with E-state index in [1.807, 2.05) is 55.5 Å². The number of ether oxygens (including phenoxy) is 2. The molecule has 0 aliphatic carbocycles. The molecule has 3 rings (SSSR count). The summed E-state index contributed by atoms with van der Waals surface area (Å²) in [5.74, 6) is 2.46. The number of hydrogen-bond donors (Lipinski definition) is 0. The lowest BCUT2D eigenvalue weighted by molar-refractivity contribution is 0.175. The lowest BCUT2D eigenvalue weighted by Crippen LogP contribution is -2.03. The zero-order valence-electron chi connectivity index (χ0n) is 12.7. The largest absolute Gasteiger partial charge is 0.497 e. The van der Waals surface area contributed by atoms with Crippen LogP contribution in [0.15, 0.2) is 57.5 Å². The van der Waals surface area contributed by atoms with E-state index in [-0.39, 0.29) is 6.10 Å². The number of halogens is 1. The average molecular weight is 375 g/mol. The summed E-state index contributed by atoms with van der Waals surface area (Å²) in [4.78, 5) is 4.40. The highest BCUT2D eigenvalue weighted by molar-refractivity contribution is 9.10. The Morgan fingerprint density at radius 2 is 1.65 bits per heavy atom. The minimum Gasteiger partial charge on any atom is -0.497 e. The predicted octanol–water partition coefficient (Wildman–Crippen LogP) is 4.65. The summed E-state index contributed by atoms with van der Waals surface area (Å²) in [6.45, 7) is 1.86. The lowest BCUT2D eigenvalue weighted by atomic mass is 10.2. The first-order valence-electron chi connectivity index (χ1n) is 7.06. The topological polar surface area (TPSA) is 57.4 Å². The number of methoxy groups -OCH3 is 1. The molecule has 1 atom stereocenters. The van der Waals surface area contributed by atoms with Gasteiger partial charge in [0.25, 0.3) is 5.89 Å². The molecule has 1 heterocycles. The Morgan fingerprint density at radius 3 is 2.30 bits per heavy atom. The van der Waals surface area contributed by atoms with Crippen LogP contribution < -0.4 is 9.47 Å². The number of aromatic nitrogens is 2. The molecule has 0 aliphatic heterocycles. The fraction of sp³-hybridized carbons (Fsp3) is 0.176. The second kappa shape index (κ2) is 6.83. The molecule has 0 saturated carbocycles. The maximum atomic E-state index is 5.81. The van der Waals surface area contributed by atoms with Crippen LogP contribution in [0.1, 0.15) is 18.9 Å². The van der Waals surface area contributed by atoms with Crippen LogP contribution in [0.4, 0.5) is 0 Å². The van der Waals surface area contributed by atoms with E-state index in [4.69, 9.17) is 14.0 Å². The molecule has 2 aromatic carbocycles. The fourth-order valence-corrected chi connectivity index (χ4v) is 2.29. The maximum absolute atomic E-state index is 5.81. The van der Waals surface area contributed by atoms with Crippen molar-refractivity contribution in [3.05, 3.63) is 58.9 Å². The van der Waals surface area contributed by atoms with Crippen molar-refractivity contribution in [1.29, 1.82) is 0 Å². The van der Waals surface area contributed by atoms with Crippen molar-refractivity contribution in [2.75, 3.05) is 7.11 Å². The summed E-state index contributed by atoms with van der Waals surface area (Å²) in [7, 11) is 1.63. The van der Waals surface area contributed by atoms with Crippen molar-refractivity contribution in [3.8, 4) is 22.9 Å². The lowest BCUT2D eigenvalue weighted by Gasteiger charge is -2.10. The van der Waals surface area contributed by atoms with Crippen LogP contribution in [-0.2, 0) is 0 Å². The molecule has 0 bridgehead atoms. The highest BCUT2D eigenvalue weighted by Gasteiger charge is 2.17. The van der Waals surface area contributed by atoms with E-state index >= 15 is 0 Å². The number of nitrogens with zero attached hydrogens (tertiary/aromatic N) is 2. The Bertz CT molecular complexity index is 769. The number of hydrogen-bond acceptors (Lipinski definition) is 5. The summed E-state index contributed by atoms with van der Waals surface area (Å²) in [6, 6.07) is 15.1. The van der Waals surface area contributed by atoms with E-state index in [1.165, 1.54) is 0 Å². The van der Waals surface area contributed by atoms with Gasteiger partial charge < -0.3 is 14.0 Å². The van der Waals surface area contributed by atoms with Crippen LogP contribution >= 0.6 is 15.9 Å². The molecule has 118 valence electrons.